The van der Waals surface area contributed by atoms with Crippen molar-refractivity contribution in [3.05, 3.63) is 29.8 Å². The van der Waals surface area contributed by atoms with E-state index in [0.29, 0.717) is 37.5 Å². The molecule has 0 saturated carbocycles. The van der Waals surface area contributed by atoms with Crippen molar-refractivity contribution >= 4 is 11.8 Å². The number of carbonyl (C=O) groups is 1. The fraction of sp³-hybridized carbons (Fsp3) is 0.455. The summed E-state index contributed by atoms with van der Waals surface area (Å²) in [4.78, 5) is 24.5. The van der Waals surface area contributed by atoms with Crippen molar-refractivity contribution in [2.75, 3.05) is 45.3 Å². The van der Waals surface area contributed by atoms with Gasteiger partial charge in [0.1, 0.15) is 5.60 Å². The second-order valence-electron chi connectivity index (χ2n) is 8.09. The number of rotatable bonds is 5. The second-order valence-corrected chi connectivity index (χ2v) is 8.09. The topological polar surface area (TPSA) is 110 Å². The molecule has 2 heterocycles. The molecule has 170 valence electrons. The first-order valence-electron chi connectivity index (χ1n) is 10.1. The zero-order valence-electron chi connectivity index (χ0n) is 18.9. The molecule has 0 radical (unpaired) electrons. The Kier molecular flexibility index (Phi) is 6.88. The van der Waals surface area contributed by atoms with Crippen LogP contribution < -0.4 is 19.1 Å². The number of amides is 1. The van der Waals surface area contributed by atoms with Crippen LogP contribution in [0.1, 0.15) is 26.3 Å². The quantitative estimate of drug-likeness (QED) is 0.690. The van der Waals surface area contributed by atoms with Gasteiger partial charge >= 0.3 is 12.1 Å². The van der Waals surface area contributed by atoms with Gasteiger partial charge in [0.2, 0.25) is 11.8 Å². The molecule has 10 heteroatoms. The summed E-state index contributed by atoms with van der Waals surface area (Å²) in [5.41, 5.74) is 0.657. The lowest BCUT2D eigenvalue weighted by molar-refractivity contribution is 0.0240. The van der Waals surface area contributed by atoms with Gasteiger partial charge in [0, 0.05) is 32.2 Å². The van der Waals surface area contributed by atoms with Crippen LogP contribution in [-0.4, -0.2) is 67.0 Å². The monoisotopic (exact) mass is 441 g/mol. The molecule has 1 fully saturated rings. The van der Waals surface area contributed by atoms with E-state index < -0.39 is 5.60 Å². The minimum absolute atomic E-state index is 0.0323. The second kappa shape index (κ2) is 9.60. The highest BCUT2D eigenvalue weighted by atomic mass is 16.6. The Hall–Kier alpha value is -3.74. The normalized spacial score (nSPS) is 13.9. The first kappa shape index (κ1) is 22.9. The van der Waals surface area contributed by atoms with Gasteiger partial charge in [-0.2, -0.15) is 15.2 Å². The number of benzene rings is 1. The molecule has 1 aliphatic heterocycles. The van der Waals surface area contributed by atoms with E-state index in [4.69, 9.17) is 18.9 Å². The summed E-state index contributed by atoms with van der Waals surface area (Å²) < 4.78 is 21.8. The molecule has 32 heavy (non-hydrogen) atoms. The van der Waals surface area contributed by atoms with Gasteiger partial charge in [-0.1, -0.05) is 0 Å². The van der Waals surface area contributed by atoms with Crippen LogP contribution in [0.25, 0.3) is 0 Å². The maximum atomic E-state index is 12.4. The number of ether oxygens (including phenoxy) is 4. The number of anilines is 1. The van der Waals surface area contributed by atoms with Crippen molar-refractivity contribution in [1.29, 1.82) is 5.26 Å². The van der Waals surface area contributed by atoms with Crippen LogP contribution in [0, 0.1) is 11.3 Å². The molecule has 0 aliphatic carbocycles. The van der Waals surface area contributed by atoms with E-state index in [1.54, 1.807) is 17.0 Å². The lowest BCUT2D eigenvalue weighted by Crippen LogP contribution is -2.50. The SMILES string of the molecule is COc1cc(OC)nc(Oc2cc(C#N)ccc2N2CCN(C(=O)OC(C)(C)C)CC2)n1. The van der Waals surface area contributed by atoms with Crippen LogP contribution in [-0.2, 0) is 4.74 Å². The Morgan fingerprint density at radius 1 is 1.03 bits per heavy atom. The van der Waals surface area contributed by atoms with Crippen molar-refractivity contribution < 1.29 is 23.7 Å². The van der Waals surface area contributed by atoms with Gasteiger partial charge < -0.3 is 28.7 Å². The molecular formula is C22H27N5O5. The van der Waals surface area contributed by atoms with Gasteiger partial charge in [0.15, 0.2) is 5.75 Å². The Bertz CT molecular complexity index is 984. The minimum atomic E-state index is -0.542. The number of nitriles is 1. The van der Waals surface area contributed by atoms with Crippen molar-refractivity contribution in [3.8, 4) is 29.6 Å². The third-order valence-corrected chi connectivity index (χ3v) is 4.64. The molecule has 1 amide bonds. The first-order valence-corrected chi connectivity index (χ1v) is 10.1. The van der Waals surface area contributed by atoms with Gasteiger partial charge in [-0.05, 0) is 32.9 Å². The number of hydrogen-bond donors (Lipinski definition) is 0. The number of methoxy groups -OCH3 is 2. The number of piperazine rings is 1. The van der Waals surface area contributed by atoms with Gasteiger partial charge in [-0.25, -0.2) is 4.79 Å². The highest BCUT2D eigenvalue weighted by molar-refractivity contribution is 5.69. The van der Waals surface area contributed by atoms with Crippen LogP contribution in [0.5, 0.6) is 23.5 Å². The Morgan fingerprint density at radius 2 is 1.66 bits per heavy atom. The van der Waals surface area contributed by atoms with Gasteiger partial charge in [0.25, 0.3) is 0 Å². The molecule has 2 aromatic rings. The lowest BCUT2D eigenvalue weighted by atomic mass is 10.1. The maximum Gasteiger partial charge on any atom is 0.410 e. The van der Waals surface area contributed by atoms with E-state index >= 15 is 0 Å². The summed E-state index contributed by atoms with van der Waals surface area (Å²) in [6.45, 7) is 7.68. The van der Waals surface area contributed by atoms with E-state index in [9.17, 15) is 10.1 Å². The molecule has 0 unspecified atom stereocenters. The van der Waals surface area contributed by atoms with E-state index in [-0.39, 0.29) is 23.9 Å². The minimum Gasteiger partial charge on any atom is -0.481 e. The van der Waals surface area contributed by atoms with Crippen molar-refractivity contribution in [1.82, 2.24) is 14.9 Å². The smallest absolute Gasteiger partial charge is 0.410 e. The van der Waals surface area contributed by atoms with E-state index in [0.717, 1.165) is 5.69 Å². The molecule has 10 nitrogen and oxygen atoms in total. The highest BCUT2D eigenvalue weighted by Crippen LogP contribution is 2.34. The van der Waals surface area contributed by atoms with Crippen LogP contribution in [0.3, 0.4) is 0 Å². The van der Waals surface area contributed by atoms with Crippen LogP contribution in [0.15, 0.2) is 24.3 Å². The largest absolute Gasteiger partial charge is 0.481 e. The van der Waals surface area contributed by atoms with Crippen molar-refractivity contribution in [2.45, 2.75) is 26.4 Å². The average Bonchev–Trinajstić information content (AvgIpc) is 2.77. The predicted octanol–water partition coefficient (Wildman–Crippen LogP) is 3.21. The van der Waals surface area contributed by atoms with Crippen LogP contribution in [0.4, 0.5) is 10.5 Å². The molecular weight excluding hydrogens is 414 g/mol. The zero-order chi connectivity index (χ0) is 23.3. The number of hydrogen-bond acceptors (Lipinski definition) is 9. The number of nitrogens with zero attached hydrogens (tertiary/aromatic N) is 5. The Balaban J connectivity index is 1.80. The van der Waals surface area contributed by atoms with Crippen molar-refractivity contribution in [2.24, 2.45) is 0 Å². The molecule has 1 aliphatic rings. The Labute approximate surface area is 187 Å². The fourth-order valence-electron chi connectivity index (χ4n) is 3.12. The first-order chi connectivity index (χ1) is 15.2. The summed E-state index contributed by atoms with van der Waals surface area (Å²) in [6.07, 6.45) is -0.328. The predicted molar refractivity (Wildman–Crippen MR) is 116 cm³/mol. The molecule has 0 spiro atoms. The third-order valence-electron chi connectivity index (χ3n) is 4.64. The molecule has 1 aromatic carbocycles. The van der Waals surface area contributed by atoms with E-state index in [1.165, 1.54) is 20.3 Å². The number of aromatic nitrogens is 2. The summed E-state index contributed by atoms with van der Waals surface area (Å²) in [5.74, 6) is 0.997. The van der Waals surface area contributed by atoms with Gasteiger partial charge in [0.05, 0.1) is 37.6 Å². The molecule has 0 atom stereocenters. The molecule has 0 bridgehead atoms. The lowest BCUT2D eigenvalue weighted by Gasteiger charge is -2.37. The highest BCUT2D eigenvalue weighted by Gasteiger charge is 2.27. The number of carbonyl (C=O) groups excluding carboxylic acids is 1. The van der Waals surface area contributed by atoms with E-state index in [1.807, 2.05) is 26.8 Å². The Morgan fingerprint density at radius 3 is 2.19 bits per heavy atom. The van der Waals surface area contributed by atoms with Gasteiger partial charge in [-0.3, -0.25) is 0 Å². The van der Waals surface area contributed by atoms with Crippen molar-refractivity contribution in [3.63, 3.8) is 0 Å². The standard InChI is InChI=1S/C22H27N5O5/c1-22(2,3)32-21(28)27-10-8-26(9-11-27)16-7-6-15(14-23)12-17(16)31-20-24-18(29-4)13-19(25-20)30-5/h6-7,12-13H,8-11H2,1-5H3. The third kappa shape index (κ3) is 5.69. The van der Waals surface area contributed by atoms with Crippen LogP contribution in [0.2, 0.25) is 0 Å². The maximum absolute atomic E-state index is 12.4. The summed E-state index contributed by atoms with van der Waals surface area (Å²) in [6, 6.07) is 8.84. The molecule has 0 N–H and O–H groups in total. The van der Waals surface area contributed by atoms with Gasteiger partial charge in [-0.15, -0.1) is 0 Å². The summed E-state index contributed by atoms with van der Waals surface area (Å²) in [7, 11) is 2.97. The van der Waals surface area contributed by atoms with E-state index in [2.05, 4.69) is 20.9 Å². The summed E-state index contributed by atoms with van der Waals surface area (Å²) in [5, 5.41) is 9.33. The molecule has 1 saturated heterocycles. The molecule has 3 rings (SSSR count). The fourth-order valence-corrected chi connectivity index (χ4v) is 3.12. The molecule has 1 aromatic heterocycles. The zero-order valence-corrected chi connectivity index (χ0v) is 18.9. The van der Waals surface area contributed by atoms with Crippen LogP contribution >= 0.6 is 0 Å². The summed E-state index contributed by atoms with van der Waals surface area (Å²) >= 11 is 0. The average molecular weight is 441 g/mol.